The molecule has 2 nitrogen and oxygen atoms in total. The van der Waals surface area contributed by atoms with Crippen molar-refractivity contribution >= 4 is 5.91 Å². The Bertz CT molecular complexity index is 361. The SMILES string of the molecule is CCCCC1=CC=C(NC(=O)C2CCCCC2)CC1. The molecule has 2 aliphatic carbocycles. The first-order valence-electron chi connectivity index (χ1n) is 7.99. The zero-order chi connectivity index (χ0) is 13.5. The van der Waals surface area contributed by atoms with E-state index in [2.05, 4.69) is 24.4 Å². The number of allylic oxidation sites excluding steroid dienone is 4. The van der Waals surface area contributed by atoms with Crippen LogP contribution in [0.4, 0.5) is 0 Å². The standard InChI is InChI=1S/C17H27NO/c1-2-3-7-14-10-12-16(13-11-14)18-17(19)15-8-5-4-6-9-15/h10,12,15H,2-9,11,13H2,1H3,(H,18,19). The molecule has 0 saturated heterocycles. The number of carbonyl (C=O) groups excluding carboxylic acids is 1. The lowest BCUT2D eigenvalue weighted by Crippen LogP contribution is -2.31. The summed E-state index contributed by atoms with van der Waals surface area (Å²) in [6.07, 6.45) is 16.1. The van der Waals surface area contributed by atoms with Crippen LogP contribution in [0.5, 0.6) is 0 Å². The monoisotopic (exact) mass is 261 g/mol. The molecule has 1 N–H and O–H groups in total. The molecule has 1 fully saturated rings. The van der Waals surface area contributed by atoms with E-state index in [1.807, 2.05) is 0 Å². The van der Waals surface area contributed by atoms with Crippen molar-refractivity contribution in [2.24, 2.45) is 5.92 Å². The predicted molar refractivity (Wildman–Crippen MR) is 79.6 cm³/mol. The van der Waals surface area contributed by atoms with Gasteiger partial charge in [0, 0.05) is 11.6 Å². The fraction of sp³-hybridized carbons (Fsp3) is 0.706. The van der Waals surface area contributed by atoms with Crippen molar-refractivity contribution in [2.45, 2.75) is 71.1 Å². The highest BCUT2D eigenvalue weighted by atomic mass is 16.1. The van der Waals surface area contributed by atoms with E-state index in [1.165, 1.54) is 44.1 Å². The smallest absolute Gasteiger partial charge is 0.227 e. The zero-order valence-electron chi connectivity index (χ0n) is 12.2. The van der Waals surface area contributed by atoms with Crippen molar-refractivity contribution in [3.63, 3.8) is 0 Å². The first-order chi connectivity index (χ1) is 9.29. The van der Waals surface area contributed by atoms with E-state index in [-0.39, 0.29) is 11.8 Å². The Morgan fingerprint density at radius 1 is 1.21 bits per heavy atom. The van der Waals surface area contributed by atoms with Gasteiger partial charge < -0.3 is 5.32 Å². The molecule has 106 valence electrons. The maximum atomic E-state index is 12.1. The van der Waals surface area contributed by atoms with Crippen LogP contribution in [-0.4, -0.2) is 5.91 Å². The number of amides is 1. The number of hydrogen-bond acceptors (Lipinski definition) is 1. The van der Waals surface area contributed by atoms with Gasteiger partial charge in [0.05, 0.1) is 0 Å². The van der Waals surface area contributed by atoms with Crippen molar-refractivity contribution in [1.29, 1.82) is 0 Å². The largest absolute Gasteiger partial charge is 0.330 e. The molecule has 0 unspecified atom stereocenters. The van der Waals surface area contributed by atoms with Crippen molar-refractivity contribution in [3.8, 4) is 0 Å². The third-order valence-corrected chi connectivity index (χ3v) is 4.35. The van der Waals surface area contributed by atoms with Crippen molar-refractivity contribution < 1.29 is 4.79 Å². The molecule has 1 saturated carbocycles. The second kappa shape index (κ2) is 7.52. The molecule has 2 heteroatoms. The van der Waals surface area contributed by atoms with Gasteiger partial charge in [-0.3, -0.25) is 4.79 Å². The van der Waals surface area contributed by atoms with Crippen LogP contribution in [0, 0.1) is 5.92 Å². The van der Waals surface area contributed by atoms with Gasteiger partial charge in [0.15, 0.2) is 0 Å². The molecule has 0 spiro atoms. The van der Waals surface area contributed by atoms with Crippen LogP contribution in [0.1, 0.15) is 71.1 Å². The molecule has 0 aliphatic heterocycles. The van der Waals surface area contributed by atoms with Gasteiger partial charge in [0.2, 0.25) is 5.91 Å². The first-order valence-corrected chi connectivity index (χ1v) is 7.99. The molecule has 0 heterocycles. The second-order valence-corrected chi connectivity index (χ2v) is 5.94. The van der Waals surface area contributed by atoms with Crippen LogP contribution in [0.15, 0.2) is 23.4 Å². The van der Waals surface area contributed by atoms with Gasteiger partial charge >= 0.3 is 0 Å². The Morgan fingerprint density at radius 2 is 2.00 bits per heavy atom. The fourth-order valence-electron chi connectivity index (χ4n) is 3.02. The molecule has 19 heavy (non-hydrogen) atoms. The number of nitrogens with one attached hydrogen (secondary N) is 1. The molecule has 1 amide bonds. The quantitative estimate of drug-likeness (QED) is 0.777. The molecule has 0 bridgehead atoms. The Labute approximate surface area is 117 Å². The van der Waals surface area contributed by atoms with Gasteiger partial charge in [-0.05, 0) is 44.6 Å². The summed E-state index contributed by atoms with van der Waals surface area (Å²) in [5, 5.41) is 3.14. The molecule has 0 atom stereocenters. The summed E-state index contributed by atoms with van der Waals surface area (Å²) in [7, 11) is 0. The molecule has 0 radical (unpaired) electrons. The molecular weight excluding hydrogens is 234 g/mol. The average molecular weight is 261 g/mol. The third kappa shape index (κ3) is 4.52. The topological polar surface area (TPSA) is 29.1 Å². The van der Waals surface area contributed by atoms with Crippen LogP contribution in [0.3, 0.4) is 0 Å². The van der Waals surface area contributed by atoms with Gasteiger partial charge in [-0.25, -0.2) is 0 Å². The van der Waals surface area contributed by atoms with Crippen LogP contribution in [-0.2, 0) is 4.79 Å². The second-order valence-electron chi connectivity index (χ2n) is 5.94. The summed E-state index contributed by atoms with van der Waals surface area (Å²) in [5.41, 5.74) is 2.66. The van der Waals surface area contributed by atoms with E-state index >= 15 is 0 Å². The Hall–Kier alpha value is -1.05. The van der Waals surface area contributed by atoms with Crippen molar-refractivity contribution in [3.05, 3.63) is 23.4 Å². The summed E-state index contributed by atoms with van der Waals surface area (Å²) >= 11 is 0. The van der Waals surface area contributed by atoms with E-state index in [9.17, 15) is 4.79 Å². The van der Waals surface area contributed by atoms with E-state index in [4.69, 9.17) is 0 Å². The summed E-state index contributed by atoms with van der Waals surface area (Å²) in [5.74, 6) is 0.525. The fourth-order valence-corrected chi connectivity index (χ4v) is 3.02. The van der Waals surface area contributed by atoms with Crippen LogP contribution in [0.25, 0.3) is 0 Å². The minimum absolute atomic E-state index is 0.261. The maximum Gasteiger partial charge on any atom is 0.227 e. The zero-order valence-corrected chi connectivity index (χ0v) is 12.2. The molecule has 2 aliphatic rings. The number of hydrogen-bond donors (Lipinski definition) is 1. The minimum atomic E-state index is 0.261. The molecule has 0 aromatic heterocycles. The Morgan fingerprint density at radius 3 is 2.63 bits per heavy atom. The number of rotatable bonds is 5. The highest BCUT2D eigenvalue weighted by Crippen LogP contribution is 2.25. The van der Waals surface area contributed by atoms with E-state index in [0.717, 1.165) is 31.4 Å². The average Bonchev–Trinajstić information content (AvgIpc) is 2.47. The Kier molecular flexibility index (Phi) is 5.68. The van der Waals surface area contributed by atoms with Crippen molar-refractivity contribution in [1.82, 2.24) is 5.32 Å². The van der Waals surface area contributed by atoms with Gasteiger partial charge in [-0.1, -0.05) is 44.3 Å². The molecule has 0 aromatic rings. The van der Waals surface area contributed by atoms with E-state index in [1.54, 1.807) is 0 Å². The van der Waals surface area contributed by atoms with Crippen molar-refractivity contribution in [2.75, 3.05) is 0 Å². The van der Waals surface area contributed by atoms with Crippen LogP contribution >= 0.6 is 0 Å². The molecular formula is C17H27NO. The summed E-state index contributed by atoms with van der Waals surface area (Å²) in [4.78, 5) is 12.1. The number of unbranched alkanes of at least 4 members (excludes halogenated alkanes) is 1. The third-order valence-electron chi connectivity index (χ3n) is 4.35. The summed E-state index contributed by atoms with van der Waals surface area (Å²) in [6.45, 7) is 2.23. The minimum Gasteiger partial charge on any atom is -0.330 e. The van der Waals surface area contributed by atoms with E-state index < -0.39 is 0 Å². The predicted octanol–water partition coefficient (Wildman–Crippen LogP) is 4.48. The molecule has 2 rings (SSSR count). The van der Waals surface area contributed by atoms with Gasteiger partial charge in [0.25, 0.3) is 0 Å². The van der Waals surface area contributed by atoms with Gasteiger partial charge in [0.1, 0.15) is 0 Å². The number of carbonyl (C=O) groups is 1. The normalized spacial score (nSPS) is 20.7. The van der Waals surface area contributed by atoms with Crippen LogP contribution in [0.2, 0.25) is 0 Å². The van der Waals surface area contributed by atoms with Crippen LogP contribution < -0.4 is 5.32 Å². The first kappa shape index (κ1) is 14.4. The highest BCUT2D eigenvalue weighted by Gasteiger charge is 2.21. The summed E-state index contributed by atoms with van der Waals surface area (Å²) < 4.78 is 0. The summed E-state index contributed by atoms with van der Waals surface area (Å²) in [6, 6.07) is 0. The molecule has 0 aromatic carbocycles. The lowest BCUT2D eigenvalue weighted by atomic mass is 9.88. The lowest BCUT2D eigenvalue weighted by molar-refractivity contribution is -0.125. The maximum absolute atomic E-state index is 12.1. The van der Waals surface area contributed by atoms with Gasteiger partial charge in [-0.15, -0.1) is 0 Å². The van der Waals surface area contributed by atoms with Gasteiger partial charge in [-0.2, -0.15) is 0 Å². The van der Waals surface area contributed by atoms with E-state index in [0.29, 0.717) is 0 Å². The Balaban J connectivity index is 1.81. The lowest BCUT2D eigenvalue weighted by Gasteiger charge is -2.22. The highest BCUT2D eigenvalue weighted by molar-refractivity contribution is 5.80.